The summed E-state index contributed by atoms with van der Waals surface area (Å²) in [5.41, 5.74) is 4.76. The Balaban J connectivity index is 1.81. The van der Waals surface area contributed by atoms with E-state index in [2.05, 4.69) is 41.6 Å². The third kappa shape index (κ3) is 3.28. The predicted octanol–water partition coefficient (Wildman–Crippen LogP) is 2.30. The molecular formula is C18H20N4O2. The van der Waals surface area contributed by atoms with E-state index in [0.29, 0.717) is 18.9 Å². The van der Waals surface area contributed by atoms with Crippen molar-refractivity contribution in [2.45, 2.75) is 27.1 Å². The minimum absolute atomic E-state index is 0.277. The summed E-state index contributed by atoms with van der Waals surface area (Å²) in [6, 6.07) is 14.0. The summed E-state index contributed by atoms with van der Waals surface area (Å²) in [4.78, 5) is 12.1. The largest absolute Gasteiger partial charge is 0.372 e. The molecule has 0 saturated carbocycles. The highest BCUT2D eigenvalue weighted by Crippen LogP contribution is 2.18. The van der Waals surface area contributed by atoms with Crippen molar-refractivity contribution in [3.63, 3.8) is 0 Å². The molecule has 0 radical (unpaired) electrons. The molecule has 3 aromatic rings. The van der Waals surface area contributed by atoms with E-state index < -0.39 is 0 Å². The van der Waals surface area contributed by atoms with E-state index in [0.717, 1.165) is 16.7 Å². The van der Waals surface area contributed by atoms with Crippen molar-refractivity contribution in [3.05, 3.63) is 75.2 Å². The number of nitrogens with zero attached hydrogens (tertiary/aromatic N) is 4. The highest BCUT2D eigenvalue weighted by atomic mass is 16.5. The van der Waals surface area contributed by atoms with E-state index in [1.165, 1.54) is 14.9 Å². The van der Waals surface area contributed by atoms with E-state index in [1.807, 2.05) is 25.1 Å². The van der Waals surface area contributed by atoms with Crippen molar-refractivity contribution in [3.8, 4) is 5.69 Å². The third-order valence-electron chi connectivity index (χ3n) is 3.97. The Kier molecular flexibility index (Phi) is 4.57. The van der Waals surface area contributed by atoms with Crippen molar-refractivity contribution in [2.24, 2.45) is 7.05 Å². The fourth-order valence-electron chi connectivity index (χ4n) is 2.49. The van der Waals surface area contributed by atoms with Crippen LogP contribution in [0.2, 0.25) is 0 Å². The number of aryl methyl sites for hydroxylation is 3. The van der Waals surface area contributed by atoms with Crippen LogP contribution < -0.4 is 5.69 Å². The normalized spacial score (nSPS) is 11.0. The SMILES string of the molecule is Cc1ccc(COCc2c(C)cccc2-n2nnn(C)c2=O)cc1. The summed E-state index contributed by atoms with van der Waals surface area (Å²) in [7, 11) is 1.58. The number of hydrogen-bond acceptors (Lipinski definition) is 4. The zero-order valence-corrected chi connectivity index (χ0v) is 14.1. The monoisotopic (exact) mass is 324 g/mol. The molecule has 0 aliphatic heterocycles. The number of aromatic nitrogens is 4. The van der Waals surface area contributed by atoms with Crippen molar-refractivity contribution in [1.82, 2.24) is 19.8 Å². The Morgan fingerprint density at radius 1 is 1.00 bits per heavy atom. The van der Waals surface area contributed by atoms with Gasteiger partial charge in [-0.2, -0.15) is 9.36 Å². The lowest BCUT2D eigenvalue weighted by Gasteiger charge is -2.12. The smallest absolute Gasteiger partial charge is 0.368 e. The Morgan fingerprint density at radius 2 is 1.75 bits per heavy atom. The first-order valence-electron chi connectivity index (χ1n) is 7.77. The molecule has 0 unspecified atom stereocenters. The van der Waals surface area contributed by atoms with Gasteiger partial charge in [-0.3, -0.25) is 0 Å². The molecule has 0 aliphatic carbocycles. The summed E-state index contributed by atoms with van der Waals surface area (Å²) in [5.74, 6) is 0. The average Bonchev–Trinajstić information content (AvgIpc) is 2.90. The second-order valence-electron chi connectivity index (χ2n) is 5.85. The van der Waals surface area contributed by atoms with E-state index in [4.69, 9.17) is 4.74 Å². The van der Waals surface area contributed by atoms with Crippen LogP contribution in [0.25, 0.3) is 5.69 Å². The minimum Gasteiger partial charge on any atom is -0.372 e. The molecule has 0 aliphatic rings. The molecule has 6 nitrogen and oxygen atoms in total. The topological polar surface area (TPSA) is 61.9 Å². The number of ether oxygens (including phenoxy) is 1. The lowest BCUT2D eigenvalue weighted by atomic mass is 10.1. The first-order chi connectivity index (χ1) is 11.6. The zero-order valence-electron chi connectivity index (χ0n) is 14.1. The summed E-state index contributed by atoms with van der Waals surface area (Å²) < 4.78 is 8.38. The molecular weight excluding hydrogens is 304 g/mol. The highest BCUT2D eigenvalue weighted by molar-refractivity contribution is 5.44. The summed E-state index contributed by atoms with van der Waals surface area (Å²) >= 11 is 0. The Bertz CT molecular complexity index is 894. The average molecular weight is 324 g/mol. The van der Waals surface area contributed by atoms with Gasteiger partial charge >= 0.3 is 5.69 Å². The predicted molar refractivity (Wildman–Crippen MR) is 91.0 cm³/mol. The zero-order chi connectivity index (χ0) is 17.1. The number of rotatable bonds is 5. The summed E-state index contributed by atoms with van der Waals surface area (Å²) in [6.45, 7) is 4.97. The van der Waals surface area contributed by atoms with Gasteiger partial charge in [0.1, 0.15) is 0 Å². The van der Waals surface area contributed by atoms with Gasteiger partial charge in [-0.1, -0.05) is 42.0 Å². The standard InChI is InChI=1S/C18H20N4O2/c1-13-7-9-15(10-8-13)11-24-12-16-14(2)5-4-6-17(16)22-18(23)21(3)19-20-22/h4-10H,11-12H2,1-3H3. The molecule has 0 atom stereocenters. The van der Waals surface area contributed by atoms with Crippen LogP contribution >= 0.6 is 0 Å². The minimum atomic E-state index is -0.277. The lowest BCUT2D eigenvalue weighted by molar-refractivity contribution is 0.106. The molecule has 24 heavy (non-hydrogen) atoms. The number of hydrogen-bond donors (Lipinski definition) is 0. The van der Waals surface area contributed by atoms with Crippen LogP contribution in [0.3, 0.4) is 0 Å². The molecule has 0 fully saturated rings. The van der Waals surface area contributed by atoms with Gasteiger partial charge in [-0.05, 0) is 41.5 Å². The van der Waals surface area contributed by atoms with Crippen molar-refractivity contribution < 1.29 is 4.74 Å². The molecule has 2 aromatic carbocycles. The Hall–Kier alpha value is -2.73. The van der Waals surface area contributed by atoms with E-state index in [-0.39, 0.29) is 5.69 Å². The molecule has 1 aromatic heterocycles. The van der Waals surface area contributed by atoms with Gasteiger partial charge in [0.25, 0.3) is 0 Å². The fraction of sp³-hybridized carbons (Fsp3) is 0.278. The molecule has 0 bridgehead atoms. The molecule has 0 amide bonds. The lowest BCUT2D eigenvalue weighted by Crippen LogP contribution is -2.23. The van der Waals surface area contributed by atoms with E-state index in [9.17, 15) is 4.79 Å². The van der Waals surface area contributed by atoms with Crippen LogP contribution in [0, 0.1) is 13.8 Å². The van der Waals surface area contributed by atoms with Crippen LogP contribution in [0.5, 0.6) is 0 Å². The molecule has 0 spiro atoms. The van der Waals surface area contributed by atoms with Crippen LogP contribution in [-0.4, -0.2) is 19.8 Å². The van der Waals surface area contributed by atoms with E-state index >= 15 is 0 Å². The second kappa shape index (κ2) is 6.80. The Labute approximate surface area is 140 Å². The Morgan fingerprint density at radius 3 is 2.42 bits per heavy atom. The molecule has 6 heteroatoms. The van der Waals surface area contributed by atoms with Crippen molar-refractivity contribution in [2.75, 3.05) is 0 Å². The highest BCUT2D eigenvalue weighted by Gasteiger charge is 2.13. The van der Waals surface area contributed by atoms with Crippen LogP contribution in [0.4, 0.5) is 0 Å². The number of tetrazole rings is 1. The number of benzene rings is 2. The molecule has 0 N–H and O–H groups in total. The maximum atomic E-state index is 12.1. The van der Waals surface area contributed by atoms with Crippen molar-refractivity contribution in [1.29, 1.82) is 0 Å². The van der Waals surface area contributed by atoms with Gasteiger partial charge in [-0.25, -0.2) is 4.79 Å². The maximum Gasteiger partial charge on any atom is 0.368 e. The van der Waals surface area contributed by atoms with E-state index in [1.54, 1.807) is 7.05 Å². The van der Waals surface area contributed by atoms with Crippen LogP contribution in [0.15, 0.2) is 47.3 Å². The van der Waals surface area contributed by atoms with Gasteiger partial charge in [-0.15, -0.1) is 0 Å². The first kappa shape index (κ1) is 16.1. The maximum absolute atomic E-state index is 12.1. The van der Waals surface area contributed by atoms with Gasteiger partial charge in [0, 0.05) is 12.6 Å². The van der Waals surface area contributed by atoms with Gasteiger partial charge in [0.05, 0.1) is 18.9 Å². The second-order valence-corrected chi connectivity index (χ2v) is 5.85. The molecule has 0 saturated heterocycles. The third-order valence-corrected chi connectivity index (χ3v) is 3.97. The first-order valence-corrected chi connectivity index (χ1v) is 7.77. The fourth-order valence-corrected chi connectivity index (χ4v) is 2.49. The van der Waals surface area contributed by atoms with Crippen LogP contribution in [0.1, 0.15) is 22.3 Å². The quantitative estimate of drug-likeness (QED) is 0.722. The molecule has 1 heterocycles. The molecule has 124 valence electrons. The summed E-state index contributed by atoms with van der Waals surface area (Å²) in [5, 5.41) is 7.70. The summed E-state index contributed by atoms with van der Waals surface area (Å²) in [6.07, 6.45) is 0. The van der Waals surface area contributed by atoms with Crippen molar-refractivity contribution >= 4 is 0 Å². The van der Waals surface area contributed by atoms with Gasteiger partial charge in [0.15, 0.2) is 0 Å². The van der Waals surface area contributed by atoms with Gasteiger partial charge < -0.3 is 4.74 Å². The van der Waals surface area contributed by atoms with Gasteiger partial charge in [0.2, 0.25) is 0 Å². The van der Waals surface area contributed by atoms with Crippen LogP contribution in [-0.2, 0) is 25.0 Å². The molecule has 3 rings (SSSR count).